The second-order valence-electron chi connectivity index (χ2n) is 10.1. The molecule has 2 aromatic carbocycles. The molecular formula is C26H36NO6S+. The van der Waals surface area contributed by atoms with Gasteiger partial charge >= 0.3 is 5.97 Å². The molecule has 4 rings (SSSR count). The highest BCUT2D eigenvalue weighted by molar-refractivity contribution is 7.85. The van der Waals surface area contributed by atoms with Crippen LogP contribution in [-0.4, -0.2) is 61.8 Å². The van der Waals surface area contributed by atoms with E-state index in [1.807, 2.05) is 37.3 Å². The Bertz CT molecular complexity index is 1060. The van der Waals surface area contributed by atoms with Crippen molar-refractivity contribution in [3.63, 3.8) is 0 Å². The molecule has 0 bridgehead atoms. The Kier molecular flexibility index (Phi) is 8.18. The van der Waals surface area contributed by atoms with Gasteiger partial charge in [-0.25, -0.2) is 4.79 Å². The number of esters is 1. The molecule has 0 radical (unpaired) electrons. The van der Waals surface area contributed by atoms with Gasteiger partial charge in [0.2, 0.25) is 0 Å². The third-order valence-corrected chi connectivity index (χ3v) is 7.69. The van der Waals surface area contributed by atoms with Gasteiger partial charge in [0.1, 0.15) is 6.54 Å². The Morgan fingerprint density at radius 3 is 2.09 bits per heavy atom. The molecule has 1 saturated heterocycles. The zero-order valence-corrected chi connectivity index (χ0v) is 21.0. The number of likely N-dealkylation sites (tertiary alicyclic amines) is 1. The highest BCUT2D eigenvalue weighted by Gasteiger charge is 2.49. The largest absolute Gasteiger partial charge is 0.454 e. The van der Waals surface area contributed by atoms with Crippen LogP contribution in [-0.2, 0) is 25.3 Å². The Balaban J connectivity index is 0.000000248. The summed E-state index contributed by atoms with van der Waals surface area (Å²) in [6.07, 6.45) is 4.68. The molecule has 0 aromatic heterocycles. The highest BCUT2D eigenvalue weighted by Crippen LogP contribution is 2.42. The summed E-state index contributed by atoms with van der Waals surface area (Å²) in [6.45, 7) is 3.67. The molecule has 1 aliphatic carbocycles. The molecule has 186 valence electrons. The minimum Gasteiger partial charge on any atom is -0.454 e. The highest BCUT2D eigenvalue weighted by atomic mass is 32.2. The van der Waals surface area contributed by atoms with Crippen molar-refractivity contribution in [2.24, 2.45) is 5.92 Å². The summed E-state index contributed by atoms with van der Waals surface area (Å²) in [5.74, 6) is -0.496. The summed E-state index contributed by atoms with van der Waals surface area (Å²) in [4.78, 5) is 12.9. The van der Waals surface area contributed by atoms with Gasteiger partial charge in [-0.15, -0.1) is 0 Å². The lowest BCUT2D eigenvalue weighted by Gasteiger charge is -2.33. The number of hydrogen-bond acceptors (Lipinski definition) is 5. The van der Waals surface area contributed by atoms with E-state index in [1.54, 1.807) is 12.1 Å². The fourth-order valence-corrected chi connectivity index (χ4v) is 5.31. The first kappa shape index (κ1) is 26.3. The van der Waals surface area contributed by atoms with Crippen LogP contribution in [0.2, 0.25) is 0 Å². The molecule has 2 aliphatic rings. The van der Waals surface area contributed by atoms with Gasteiger partial charge in [0.25, 0.3) is 10.1 Å². The van der Waals surface area contributed by atoms with E-state index < -0.39 is 21.7 Å². The number of likely N-dealkylation sites (N-methyl/N-ethyl adjacent to an activating group) is 1. The van der Waals surface area contributed by atoms with Crippen LogP contribution in [0.4, 0.5) is 0 Å². The van der Waals surface area contributed by atoms with Gasteiger partial charge in [-0.05, 0) is 37.5 Å². The van der Waals surface area contributed by atoms with E-state index in [9.17, 15) is 18.3 Å². The fourth-order valence-electron chi connectivity index (χ4n) is 4.83. The molecule has 1 aliphatic heterocycles. The number of carbonyl (C=O) groups is 1. The zero-order valence-electron chi connectivity index (χ0n) is 20.2. The minimum atomic E-state index is -4.02. The monoisotopic (exact) mass is 490 g/mol. The van der Waals surface area contributed by atoms with E-state index in [2.05, 4.69) is 14.1 Å². The van der Waals surface area contributed by atoms with Crippen LogP contribution >= 0.6 is 0 Å². The van der Waals surface area contributed by atoms with Crippen molar-refractivity contribution < 1.29 is 32.1 Å². The number of quaternary nitrogens is 1. The van der Waals surface area contributed by atoms with Crippen molar-refractivity contribution in [1.29, 1.82) is 0 Å². The second-order valence-corrected chi connectivity index (χ2v) is 11.5. The first-order valence-corrected chi connectivity index (χ1v) is 13.2. The average molecular weight is 491 g/mol. The van der Waals surface area contributed by atoms with Crippen molar-refractivity contribution in [3.8, 4) is 0 Å². The normalized spacial score (nSPS) is 21.9. The summed E-state index contributed by atoms with van der Waals surface area (Å²) in [7, 11) is 0.274. The molecule has 34 heavy (non-hydrogen) atoms. The molecule has 2 unspecified atom stereocenters. The van der Waals surface area contributed by atoms with Crippen molar-refractivity contribution in [1.82, 2.24) is 0 Å². The molecular weight excluding hydrogens is 454 g/mol. The van der Waals surface area contributed by atoms with E-state index in [0.717, 1.165) is 55.2 Å². The Hall–Kier alpha value is -2.26. The van der Waals surface area contributed by atoms with Gasteiger partial charge in [0.05, 0.1) is 25.5 Å². The maximum absolute atomic E-state index is 12.9. The molecule has 7 nitrogen and oxygen atoms in total. The van der Waals surface area contributed by atoms with Crippen LogP contribution in [0.25, 0.3) is 0 Å². The van der Waals surface area contributed by atoms with Gasteiger partial charge in [-0.1, -0.05) is 60.9 Å². The summed E-state index contributed by atoms with van der Waals surface area (Å²) in [5, 5.41) is 11.4. The lowest BCUT2D eigenvalue weighted by Crippen LogP contribution is -2.46. The summed E-state index contributed by atoms with van der Waals surface area (Å²) < 4.78 is 36.2. The fraction of sp³-hybridized carbons (Fsp3) is 0.500. The average Bonchev–Trinajstić information content (AvgIpc) is 3.44. The number of aliphatic hydroxyl groups is 1. The van der Waals surface area contributed by atoms with E-state index in [-0.39, 0.29) is 16.9 Å². The predicted molar refractivity (Wildman–Crippen MR) is 130 cm³/mol. The molecule has 8 heteroatoms. The van der Waals surface area contributed by atoms with Crippen LogP contribution < -0.4 is 0 Å². The van der Waals surface area contributed by atoms with Crippen LogP contribution in [0.15, 0.2) is 59.5 Å². The van der Waals surface area contributed by atoms with Gasteiger partial charge in [0, 0.05) is 12.3 Å². The quantitative estimate of drug-likeness (QED) is 0.377. The number of aryl methyl sites for hydroxylation is 1. The summed E-state index contributed by atoms with van der Waals surface area (Å²) >= 11 is 0. The molecule has 0 amide bonds. The molecule has 0 spiro atoms. The van der Waals surface area contributed by atoms with Crippen molar-refractivity contribution in [3.05, 3.63) is 65.7 Å². The zero-order chi connectivity index (χ0) is 25.0. The van der Waals surface area contributed by atoms with Crippen LogP contribution in [0.1, 0.15) is 43.2 Å². The van der Waals surface area contributed by atoms with E-state index in [4.69, 9.17) is 9.29 Å². The number of nitrogens with zero attached hydrogens (tertiary/aromatic N) is 1. The molecule has 1 saturated carbocycles. The molecule has 2 N–H and O–H groups in total. The topological polar surface area (TPSA) is 101 Å². The van der Waals surface area contributed by atoms with Crippen molar-refractivity contribution in [2.45, 2.75) is 55.6 Å². The first-order valence-electron chi connectivity index (χ1n) is 11.8. The molecule has 2 fully saturated rings. The number of carbonyl (C=O) groups excluding carboxylic acids is 1. The molecule has 2 atom stereocenters. The number of ether oxygens (including phenoxy) is 1. The Morgan fingerprint density at radius 2 is 1.59 bits per heavy atom. The number of hydrogen-bond donors (Lipinski definition) is 2. The molecule has 1 heterocycles. The number of benzene rings is 2. The summed E-state index contributed by atoms with van der Waals surface area (Å²) in [5.41, 5.74) is 0.123. The second kappa shape index (κ2) is 10.6. The molecule has 2 aromatic rings. The minimum absolute atomic E-state index is 0.0405. The maximum atomic E-state index is 12.9. The van der Waals surface area contributed by atoms with Gasteiger partial charge in [0.15, 0.2) is 11.7 Å². The van der Waals surface area contributed by atoms with E-state index in [1.165, 1.54) is 12.1 Å². The van der Waals surface area contributed by atoms with Crippen LogP contribution in [0, 0.1) is 12.8 Å². The van der Waals surface area contributed by atoms with Crippen molar-refractivity contribution in [2.75, 3.05) is 27.2 Å². The third kappa shape index (κ3) is 6.44. The third-order valence-electron chi connectivity index (χ3n) is 6.82. The maximum Gasteiger partial charge on any atom is 0.343 e. The standard InChI is InChI=1S/C19H28NO3.C7H8O3S/c1-20(2)13-12-17(14-20)23-18(21)19(22,16-10-6-7-11-16)15-8-4-3-5-9-15;1-6-2-4-7(5-3-6)11(8,9)10/h3-5,8-9,16-17,22H,6-7,10-14H2,1-2H3;2-5H,1H3,(H,8,9,10)/q+1;. The lowest BCUT2D eigenvalue weighted by molar-refractivity contribution is -0.879. The van der Waals surface area contributed by atoms with Gasteiger partial charge < -0.3 is 14.3 Å². The summed E-state index contributed by atoms with van der Waals surface area (Å²) in [6, 6.07) is 15.3. The predicted octanol–water partition coefficient (Wildman–Crippen LogP) is 3.70. The van der Waals surface area contributed by atoms with Crippen LogP contribution in [0.5, 0.6) is 0 Å². The Morgan fingerprint density at radius 1 is 1.00 bits per heavy atom. The lowest BCUT2D eigenvalue weighted by atomic mass is 9.80. The van der Waals surface area contributed by atoms with Crippen molar-refractivity contribution >= 4 is 16.1 Å². The van der Waals surface area contributed by atoms with Gasteiger partial charge in [-0.2, -0.15) is 8.42 Å². The van der Waals surface area contributed by atoms with E-state index >= 15 is 0 Å². The van der Waals surface area contributed by atoms with E-state index in [0.29, 0.717) is 5.56 Å². The number of rotatable bonds is 5. The first-order chi connectivity index (χ1) is 15.9. The SMILES string of the molecule is C[N+]1(C)CCC(OC(=O)C(O)(c2ccccc2)C2CCCC2)C1.Cc1ccc(S(=O)(=O)O)cc1. The smallest absolute Gasteiger partial charge is 0.343 e. The van der Waals surface area contributed by atoms with Crippen LogP contribution in [0.3, 0.4) is 0 Å². The Labute approximate surface area is 202 Å². The van der Waals surface area contributed by atoms with Gasteiger partial charge in [-0.3, -0.25) is 4.55 Å².